The molecule has 0 aromatic heterocycles. The highest BCUT2D eigenvalue weighted by molar-refractivity contribution is 6.42. The van der Waals surface area contributed by atoms with Gasteiger partial charge in [0.1, 0.15) is 0 Å². The smallest absolute Gasteiger partial charge is 0.316 e. The minimum absolute atomic E-state index is 0.309. The second kappa shape index (κ2) is 5.80. The number of anilines is 3. The summed E-state index contributed by atoms with van der Waals surface area (Å²) in [5, 5.41) is 11.5. The number of hydrogen-bond donors (Lipinski definition) is 3. The van der Waals surface area contributed by atoms with Crippen LogP contribution in [0.1, 0.15) is 5.56 Å². The summed E-state index contributed by atoms with van der Waals surface area (Å²) in [7, 11) is 0. The first-order valence-corrected chi connectivity index (χ1v) is 6.87. The van der Waals surface area contributed by atoms with E-state index in [4.69, 9.17) is 0 Å². The van der Waals surface area contributed by atoms with E-state index in [-0.39, 0.29) is 0 Å². The van der Waals surface area contributed by atoms with E-state index < -0.39 is 17.8 Å². The normalized spacial score (nSPS) is 12.7. The van der Waals surface area contributed by atoms with E-state index in [2.05, 4.69) is 21.3 Å². The van der Waals surface area contributed by atoms with Crippen LogP contribution in [0.2, 0.25) is 0 Å². The van der Waals surface area contributed by atoms with Crippen molar-refractivity contribution in [1.29, 1.82) is 0 Å². The van der Waals surface area contributed by atoms with Crippen molar-refractivity contribution in [3.05, 3.63) is 48.0 Å². The van der Waals surface area contributed by atoms with Crippen molar-refractivity contribution in [3.63, 3.8) is 0 Å². The predicted molar refractivity (Wildman–Crippen MR) is 85.7 cm³/mol. The maximum absolute atomic E-state index is 12.0. The summed E-state index contributed by atoms with van der Waals surface area (Å²) < 4.78 is 0. The minimum atomic E-state index is -0.862. The zero-order chi connectivity index (χ0) is 16.4. The Bertz CT molecular complexity index is 817. The Morgan fingerprint density at radius 1 is 1.09 bits per heavy atom. The van der Waals surface area contributed by atoms with Gasteiger partial charge in [-0.25, -0.2) is 10.1 Å². The average molecular weight is 309 g/mol. The summed E-state index contributed by atoms with van der Waals surface area (Å²) in [6.07, 6.45) is 0. The Labute approximate surface area is 132 Å². The van der Waals surface area contributed by atoms with Gasteiger partial charge in [-0.05, 0) is 36.8 Å². The summed E-state index contributed by atoms with van der Waals surface area (Å²) in [5.41, 5.74) is 2.84. The highest BCUT2D eigenvalue weighted by Gasteiger charge is 2.24. The average Bonchev–Trinajstić information content (AvgIpc) is 2.51. The number of nitrogens with zero attached hydrogens (tertiary/aromatic N) is 1. The number of nitrogens with one attached hydrogen (secondary N) is 3. The van der Waals surface area contributed by atoms with Crippen LogP contribution in [0.5, 0.6) is 0 Å². The Hall–Kier alpha value is -3.35. The summed E-state index contributed by atoms with van der Waals surface area (Å²) >= 11 is 0. The van der Waals surface area contributed by atoms with Crippen LogP contribution in [-0.2, 0) is 9.59 Å². The Morgan fingerprint density at radius 3 is 2.65 bits per heavy atom. The van der Waals surface area contributed by atoms with E-state index in [1.165, 1.54) is 6.07 Å². The van der Waals surface area contributed by atoms with Gasteiger partial charge in [0.15, 0.2) is 0 Å². The fourth-order valence-corrected chi connectivity index (χ4v) is 2.14. The monoisotopic (exact) mass is 309 g/mol. The predicted octanol–water partition coefficient (Wildman–Crippen LogP) is 2.35. The number of carbonyl (C=O) groups excluding carboxylic acids is 3. The van der Waals surface area contributed by atoms with E-state index >= 15 is 0 Å². The number of hydrogen-bond acceptors (Lipinski definition) is 3. The van der Waals surface area contributed by atoms with Crippen molar-refractivity contribution < 1.29 is 14.4 Å². The number of carbonyl (C=O) groups is 3. The molecule has 4 amide bonds. The van der Waals surface area contributed by atoms with Crippen LogP contribution in [0.4, 0.5) is 27.5 Å². The Kier molecular flexibility index (Phi) is 3.68. The maximum atomic E-state index is 12.0. The summed E-state index contributed by atoms with van der Waals surface area (Å²) in [6.45, 7) is 1.89. The number of fused-ring (bicyclic) bond motifs is 1. The van der Waals surface area contributed by atoms with Crippen LogP contribution >= 0.6 is 0 Å². The van der Waals surface area contributed by atoms with Gasteiger partial charge >= 0.3 is 17.8 Å². The first-order chi connectivity index (χ1) is 11.0. The summed E-state index contributed by atoms with van der Waals surface area (Å²) in [6, 6.07) is 11.7. The molecule has 0 spiro atoms. The van der Waals surface area contributed by atoms with Gasteiger partial charge in [0.05, 0.1) is 11.4 Å². The van der Waals surface area contributed by atoms with Crippen LogP contribution in [0.3, 0.4) is 0 Å². The molecular formula is C16H13N4O3. The topological polar surface area (TPSA) is 101 Å². The fourth-order valence-electron chi connectivity index (χ4n) is 2.14. The second-order valence-electron chi connectivity index (χ2n) is 5.00. The van der Waals surface area contributed by atoms with E-state index in [0.717, 1.165) is 5.56 Å². The zero-order valence-electron chi connectivity index (χ0n) is 12.2. The zero-order valence-corrected chi connectivity index (χ0v) is 12.2. The standard InChI is InChI=1S/C16H13N4O3/c1-9-4-2-3-5-11(9)20-16(23)17-10-6-7-12-13(8-10)19-15(22)14(21)18-12/h2-8H,1H3,(H,18,21)(H2,17,20,23). The molecule has 1 aliphatic rings. The van der Waals surface area contributed by atoms with Gasteiger partial charge in [-0.1, -0.05) is 18.2 Å². The van der Waals surface area contributed by atoms with Gasteiger partial charge in [-0.15, -0.1) is 0 Å². The molecule has 7 nitrogen and oxygen atoms in total. The number of benzene rings is 2. The Balaban J connectivity index is 1.72. The molecule has 1 radical (unpaired) electrons. The van der Waals surface area contributed by atoms with Crippen molar-refractivity contribution in [2.24, 2.45) is 0 Å². The van der Waals surface area contributed by atoms with Crippen LogP contribution in [-0.4, -0.2) is 17.8 Å². The molecule has 115 valence electrons. The van der Waals surface area contributed by atoms with Crippen molar-refractivity contribution in [2.45, 2.75) is 6.92 Å². The minimum Gasteiger partial charge on any atom is -0.316 e. The molecule has 2 aromatic rings. The van der Waals surface area contributed by atoms with Crippen molar-refractivity contribution in [2.75, 3.05) is 16.0 Å². The number of aryl methyl sites for hydroxylation is 1. The molecule has 23 heavy (non-hydrogen) atoms. The number of urea groups is 1. The SMILES string of the molecule is Cc1ccccc1NC(=O)Nc1ccc2c(c1)[N]C(=O)C(=O)N2. The lowest BCUT2D eigenvalue weighted by atomic mass is 10.2. The highest BCUT2D eigenvalue weighted by Crippen LogP contribution is 2.28. The highest BCUT2D eigenvalue weighted by atomic mass is 16.2. The molecule has 0 aliphatic carbocycles. The molecular weight excluding hydrogens is 296 g/mol. The van der Waals surface area contributed by atoms with E-state index in [9.17, 15) is 14.4 Å². The van der Waals surface area contributed by atoms with Crippen LogP contribution in [0, 0.1) is 6.92 Å². The fraction of sp³-hybridized carbons (Fsp3) is 0.0625. The van der Waals surface area contributed by atoms with Crippen LogP contribution < -0.4 is 21.3 Å². The number of amides is 4. The molecule has 7 heteroatoms. The molecule has 0 bridgehead atoms. The van der Waals surface area contributed by atoms with Crippen molar-refractivity contribution >= 4 is 40.6 Å². The molecule has 0 saturated carbocycles. The third-order valence-corrected chi connectivity index (χ3v) is 3.31. The van der Waals surface area contributed by atoms with Crippen LogP contribution in [0.15, 0.2) is 42.5 Å². The van der Waals surface area contributed by atoms with E-state index in [1.54, 1.807) is 18.2 Å². The lowest BCUT2D eigenvalue weighted by Gasteiger charge is -2.16. The second-order valence-corrected chi connectivity index (χ2v) is 5.00. The van der Waals surface area contributed by atoms with Gasteiger partial charge in [-0.3, -0.25) is 9.59 Å². The Morgan fingerprint density at radius 2 is 1.87 bits per heavy atom. The molecule has 3 rings (SSSR count). The first kappa shape index (κ1) is 14.6. The molecule has 0 unspecified atom stereocenters. The maximum Gasteiger partial charge on any atom is 0.335 e. The molecule has 1 aliphatic heterocycles. The first-order valence-electron chi connectivity index (χ1n) is 6.87. The largest absolute Gasteiger partial charge is 0.335 e. The van der Waals surface area contributed by atoms with E-state index in [1.807, 2.05) is 25.1 Å². The molecule has 0 fully saturated rings. The number of rotatable bonds is 2. The lowest BCUT2D eigenvalue weighted by molar-refractivity contribution is -0.135. The lowest BCUT2D eigenvalue weighted by Crippen LogP contribution is -2.33. The van der Waals surface area contributed by atoms with E-state index in [0.29, 0.717) is 22.7 Å². The van der Waals surface area contributed by atoms with Crippen LogP contribution in [0.25, 0.3) is 0 Å². The third-order valence-electron chi connectivity index (χ3n) is 3.31. The molecule has 1 heterocycles. The van der Waals surface area contributed by atoms with Gasteiger partial charge in [0.2, 0.25) is 0 Å². The molecule has 2 aromatic carbocycles. The molecule has 0 atom stereocenters. The van der Waals surface area contributed by atoms with Crippen molar-refractivity contribution in [3.8, 4) is 0 Å². The van der Waals surface area contributed by atoms with Crippen molar-refractivity contribution in [1.82, 2.24) is 5.32 Å². The summed E-state index contributed by atoms with van der Waals surface area (Å²) in [4.78, 5) is 34.5. The molecule has 3 N–H and O–H groups in total. The van der Waals surface area contributed by atoms with Gasteiger partial charge < -0.3 is 16.0 Å². The van der Waals surface area contributed by atoms with Gasteiger partial charge in [0.25, 0.3) is 0 Å². The third kappa shape index (κ3) is 3.13. The summed E-state index contributed by atoms with van der Waals surface area (Å²) in [5.74, 6) is -1.63. The van der Waals surface area contributed by atoms with Gasteiger partial charge in [0, 0.05) is 11.4 Å². The van der Waals surface area contributed by atoms with Gasteiger partial charge in [-0.2, -0.15) is 0 Å². The molecule has 0 saturated heterocycles. The quantitative estimate of drug-likeness (QED) is 0.742. The number of para-hydroxylation sites is 1.